The molecule has 1 amide bonds. The van der Waals surface area contributed by atoms with Crippen LogP contribution < -0.4 is 10.6 Å². The van der Waals surface area contributed by atoms with Crippen LogP contribution in [-0.2, 0) is 0 Å². The van der Waals surface area contributed by atoms with Gasteiger partial charge >= 0.3 is 0 Å². The molecule has 1 atom stereocenters. The molecule has 2 aromatic heterocycles. The number of rotatable bonds is 5. The highest BCUT2D eigenvalue weighted by Crippen LogP contribution is 2.21. The van der Waals surface area contributed by atoms with Gasteiger partial charge in [0.25, 0.3) is 5.91 Å². The third-order valence-electron chi connectivity index (χ3n) is 5.28. The van der Waals surface area contributed by atoms with Gasteiger partial charge in [-0.1, -0.05) is 17.3 Å². The fourth-order valence-corrected chi connectivity index (χ4v) is 3.66. The molecule has 0 aliphatic carbocycles. The van der Waals surface area contributed by atoms with Gasteiger partial charge in [-0.15, -0.1) is 5.10 Å². The van der Waals surface area contributed by atoms with E-state index in [0.29, 0.717) is 11.7 Å². The first-order chi connectivity index (χ1) is 13.6. The Bertz CT molecular complexity index is 941. The number of carbonyl (C=O) groups excluding carboxylic acids is 1. The lowest BCUT2D eigenvalue weighted by atomic mass is 10.1. The van der Waals surface area contributed by atoms with Crippen LogP contribution in [0.5, 0.6) is 0 Å². The summed E-state index contributed by atoms with van der Waals surface area (Å²) in [6.07, 6.45) is 5.64. The third-order valence-corrected chi connectivity index (χ3v) is 5.28. The molecule has 0 radical (unpaired) electrons. The van der Waals surface area contributed by atoms with Gasteiger partial charge in [0.1, 0.15) is 0 Å². The molecular weight excluding hydrogens is 354 g/mol. The minimum Gasteiger partial charge on any atom is -0.344 e. The highest BCUT2D eigenvalue weighted by molar-refractivity contribution is 5.93. The van der Waals surface area contributed by atoms with Crippen molar-refractivity contribution in [2.75, 3.05) is 13.1 Å². The van der Waals surface area contributed by atoms with Crippen molar-refractivity contribution in [1.82, 2.24) is 35.4 Å². The first-order valence-corrected chi connectivity index (χ1v) is 9.67. The minimum absolute atomic E-state index is 0.161. The maximum Gasteiger partial charge on any atom is 0.274 e. The fourth-order valence-electron chi connectivity index (χ4n) is 3.66. The van der Waals surface area contributed by atoms with Crippen molar-refractivity contribution >= 4 is 5.91 Å². The van der Waals surface area contributed by atoms with Crippen molar-refractivity contribution in [3.05, 3.63) is 59.7 Å². The first-order valence-electron chi connectivity index (χ1n) is 9.67. The fraction of sp³-hybridized carbons (Fsp3) is 0.400. The van der Waals surface area contributed by atoms with E-state index in [0.717, 1.165) is 42.9 Å². The van der Waals surface area contributed by atoms with Crippen LogP contribution in [0.1, 0.15) is 53.6 Å². The van der Waals surface area contributed by atoms with Gasteiger partial charge in [-0.3, -0.25) is 4.79 Å². The van der Waals surface area contributed by atoms with Crippen LogP contribution in [0.2, 0.25) is 0 Å². The van der Waals surface area contributed by atoms with Gasteiger partial charge in [0, 0.05) is 12.4 Å². The Hall–Kier alpha value is -3.00. The Balaban J connectivity index is 1.48. The van der Waals surface area contributed by atoms with Gasteiger partial charge in [-0.25, -0.2) is 9.36 Å². The van der Waals surface area contributed by atoms with Gasteiger partial charge in [-0.2, -0.15) is 5.10 Å². The molecule has 0 bridgehead atoms. The summed E-state index contributed by atoms with van der Waals surface area (Å²) in [5.74, 6) is -0.199. The second-order valence-electron chi connectivity index (χ2n) is 7.19. The van der Waals surface area contributed by atoms with Gasteiger partial charge in [-0.05, 0) is 63.5 Å². The topological polar surface area (TPSA) is 89.7 Å². The lowest BCUT2D eigenvalue weighted by Crippen LogP contribution is -2.31. The predicted molar refractivity (Wildman–Crippen MR) is 105 cm³/mol. The van der Waals surface area contributed by atoms with Crippen LogP contribution >= 0.6 is 0 Å². The lowest BCUT2D eigenvalue weighted by Gasteiger charge is -2.23. The summed E-state index contributed by atoms with van der Waals surface area (Å²) in [4.78, 5) is 12.8. The maximum atomic E-state index is 12.8. The van der Waals surface area contributed by atoms with E-state index in [1.165, 1.54) is 0 Å². The molecule has 1 aromatic carbocycles. The number of aromatic nitrogens is 5. The van der Waals surface area contributed by atoms with Gasteiger partial charge < -0.3 is 10.6 Å². The summed E-state index contributed by atoms with van der Waals surface area (Å²) < 4.78 is 3.70. The monoisotopic (exact) mass is 379 g/mol. The third kappa shape index (κ3) is 3.68. The molecule has 3 aromatic rings. The Kier molecular flexibility index (Phi) is 5.21. The highest BCUT2D eigenvalue weighted by atomic mass is 16.2. The number of nitrogens with one attached hydrogen (secondary N) is 2. The number of carbonyl (C=O) groups is 1. The van der Waals surface area contributed by atoms with E-state index >= 15 is 0 Å². The van der Waals surface area contributed by atoms with E-state index < -0.39 is 0 Å². The minimum atomic E-state index is -0.199. The van der Waals surface area contributed by atoms with Crippen molar-refractivity contribution in [2.45, 2.75) is 38.8 Å². The van der Waals surface area contributed by atoms with Crippen LogP contribution in [0.3, 0.4) is 0 Å². The predicted octanol–water partition coefficient (Wildman–Crippen LogP) is 2.19. The van der Waals surface area contributed by atoms with E-state index in [-0.39, 0.29) is 11.9 Å². The molecule has 1 aliphatic heterocycles. The number of nitrogens with zero attached hydrogens (tertiary/aromatic N) is 5. The second kappa shape index (κ2) is 7.93. The van der Waals surface area contributed by atoms with Crippen LogP contribution in [0.4, 0.5) is 0 Å². The van der Waals surface area contributed by atoms with Crippen LogP contribution in [0, 0.1) is 6.92 Å². The lowest BCUT2D eigenvalue weighted by molar-refractivity contribution is 0.0934. The highest BCUT2D eigenvalue weighted by Gasteiger charge is 2.23. The average Bonchev–Trinajstić information content (AvgIpc) is 3.39. The Morgan fingerprint density at radius 1 is 1.29 bits per heavy atom. The Labute approximate surface area is 163 Å². The van der Waals surface area contributed by atoms with E-state index in [2.05, 4.69) is 26.0 Å². The molecule has 8 nitrogen and oxygen atoms in total. The average molecular weight is 379 g/mol. The quantitative estimate of drug-likeness (QED) is 0.709. The van der Waals surface area contributed by atoms with Crippen molar-refractivity contribution in [3.8, 4) is 5.69 Å². The van der Waals surface area contributed by atoms with Crippen molar-refractivity contribution in [2.24, 2.45) is 0 Å². The SMILES string of the molecule is Cc1c(C(=O)NC(C)c2cccc(-n3cccn3)c2)nnn1C1CCNCC1. The maximum absolute atomic E-state index is 12.8. The molecule has 28 heavy (non-hydrogen) atoms. The standard InChI is InChI=1S/C20H25N7O/c1-14(16-5-3-6-18(13-16)26-12-4-9-22-26)23-20(28)19-15(2)27(25-24-19)17-7-10-21-11-8-17/h3-6,9,12-14,17,21H,7-8,10-11H2,1-2H3,(H,23,28). The molecule has 0 spiro atoms. The number of hydrogen-bond donors (Lipinski definition) is 2. The van der Waals surface area contributed by atoms with Gasteiger partial charge in [0.15, 0.2) is 5.69 Å². The Morgan fingerprint density at radius 2 is 2.11 bits per heavy atom. The Morgan fingerprint density at radius 3 is 2.86 bits per heavy atom. The largest absolute Gasteiger partial charge is 0.344 e. The summed E-state index contributed by atoms with van der Waals surface area (Å²) in [7, 11) is 0. The summed E-state index contributed by atoms with van der Waals surface area (Å²) in [5, 5.41) is 19.1. The molecule has 3 heterocycles. The molecule has 0 saturated carbocycles. The van der Waals surface area contributed by atoms with Gasteiger partial charge in [0.05, 0.1) is 23.5 Å². The summed E-state index contributed by atoms with van der Waals surface area (Å²) in [5.41, 5.74) is 3.18. The first kappa shape index (κ1) is 18.4. The zero-order chi connectivity index (χ0) is 19.5. The molecular formula is C20H25N7O. The van der Waals surface area contributed by atoms with E-state index in [9.17, 15) is 4.79 Å². The van der Waals surface area contributed by atoms with Crippen LogP contribution in [-0.4, -0.2) is 43.8 Å². The number of benzene rings is 1. The number of amides is 1. The second-order valence-corrected chi connectivity index (χ2v) is 7.19. The summed E-state index contributed by atoms with van der Waals surface area (Å²) >= 11 is 0. The molecule has 146 valence electrons. The molecule has 8 heteroatoms. The molecule has 2 N–H and O–H groups in total. The summed E-state index contributed by atoms with van der Waals surface area (Å²) in [6.45, 7) is 5.82. The van der Waals surface area contributed by atoms with E-state index in [1.54, 1.807) is 10.9 Å². The van der Waals surface area contributed by atoms with Crippen molar-refractivity contribution in [1.29, 1.82) is 0 Å². The molecule has 4 rings (SSSR count). The molecule has 1 fully saturated rings. The number of piperidine rings is 1. The zero-order valence-electron chi connectivity index (χ0n) is 16.2. The number of hydrogen-bond acceptors (Lipinski definition) is 5. The molecule has 1 aliphatic rings. The van der Waals surface area contributed by atoms with E-state index in [4.69, 9.17) is 0 Å². The van der Waals surface area contributed by atoms with Crippen molar-refractivity contribution < 1.29 is 4.79 Å². The van der Waals surface area contributed by atoms with Crippen LogP contribution in [0.15, 0.2) is 42.7 Å². The van der Waals surface area contributed by atoms with Crippen LogP contribution in [0.25, 0.3) is 5.69 Å². The zero-order valence-corrected chi connectivity index (χ0v) is 16.2. The normalized spacial score (nSPS) is 16.1. The summed E-state index contributed by atoms with van der Waals surface area (Å²) in [6, 6.07) is 10.00. The van der Waals surface area contributed by atoms with Gasteiger partial charge in [0.2, 0.25) is 0 Å². The molecule has 1 unspecified atom stereocenters. The van der Waals surface area contributed by atoms with Crippen molar-refractivity contribution in [3.63, 3.8) is 0 Å². The smallest absolute Gasteiger partial charge is 0.274 e. The van der Waals surface area contributed by atoms with E-state index in [1.807, 2.05) is 55.1 Å². The molecule has 1 saturated heterocycles.